The van der Waals surface area contributed by atoms with Gasteiger partial charge in [0.1, 0.15) is 17.8 Å². The van der Waals surface area contributed by atoms with E-state index < -0.39 is 6.04 Å². The molecule has 0 aliphatic carbocycles. The van der Waals surface area contributed by atoms with Crippen LogP contribution in [0.2, 0.25) is 0 Å². The van der Waals surface area contributed by atoms with E-state index in [-0.39, 0.29) is 11.9 Å². The number of nitrogens with one attached hydrogen (secondary N) is 1. The summed E-state index contributed by atoms with van der Waals surface area (Å²) in [6.45, 7) is 5.06. The van der Waals surface area contributed by atoms with Gasteiger partial charge in [0.05, 0.1) is 17.9 Å². The van der Waals surface area contributed by atoms with Gasteiger partial charge in [0, 0.05) is 24.3 Å². The van der Waals surface area contributed by atoms with Crippen LogP contribution in [0.15, 0.2) is 79.6 Å². The summed E-state index contributed by atoms with van der Waals surface area (Å²) >= 11 is 0. The van der Waals surface area contributed by atoms with E-state index >= 15 is 0 Å². The van der Waals surface area contributed by atoms with Crippen LogP contribution < -0.4 is 15.8 Å². The normalized spacial score (nSPS) is 16.5. The average Bonchev–Trinajstić information content (AvgIpc) is 2.86. The minimum Gasteiger partial charge on any atom is -0.457 e. The summed E-state index contributed by atoms with van der Waals surface area (Å²) in [5.74, 6) is 1.12. The number of carbonyl (C=O) groups excluding carboxylic acids is 1. The molecule has 0 saturated carbocycles. The number of carbonyl (C=O) groups is 1. The Balaban J connectivity index is 0.000000751. The number of ether oxygens (including phenoxy) is 1. The van der Waals surface area contributed by atoms with E-state index in [2.05, 4.69) is 28.8 Å². The SMILES string of the molecule is C=CC=O.CN1CCCC(Nc2c(F)cncc2C(N)c2ccc(Oc3ccccc3)cc2)C1. The van der Waals surface area contributed by atoms with Gasteiger partial charge in [0.25, 0.3) is 0 Å². The van der Waals surface area contributed by atoms with Crippen LogP contribution in [0, 0.1) is 5.82 Å². The topological polar surface area (TPSA) is 80.5 Å². The van der Waals surface area contributed by atoms with Crippen molar-refractivity contribution >= 4 is 12.0 Å². The highest BCUT2D eigenvalue weighted by Crippen LogP contribution is 2.31. The zero-order valence-electron chi connectivity index (χ0n) is 19.4. The van der Waals surface area contributed by atoms with Crippen molar-refractivity contribution in [3.8, 4) is 11.5 Å². The third kappa shape index (κ3) is 6.97. The van der Waals surface area contributed by atoms with Crippen LogP contribution in [0.4, 0.5) is 10.1 Å². The van der Waals surface area contributed by atoms with Crippen molar-refractivity contribution in [3.63, 3.8) is 0 Å². The summed E-state index contributed by atoms with van der Waals surface area (Å²) in [6, 6.07) is 16.9. The molecule has 1 aliphatic rings. The van der Waals surface area contributed by atoms with E-state index in [1.807, 2.05) is 54.6 Å². The second-order valence-corrected chi connectivity index (χ2v) is 8.16. The highest BCUT2D eigenvalue weighted by atomic mass is 19.1. The van der Waals surface area contributed by atoms with Crippen LogP contribution in [0.3, 0.4) is 0 Å². The number of likely N-dealkylation sites (tertiary alicyclic amines) is 1. The molecule has 0 spiro atoms. The van der Waals surface area contributed by atoms with Crippen molar-refractivity contribution < 1.29 is 13.9 Å². The standard InChI is InChI=1S/C24H27FN4O.C3H4O/c1-29-13-5-6-18(16-29)28-24-21(14-27-15-22(24)25)23(26)17-9-11-20(12-10-17)30-19-7-3-2-4-8-19;1-2-3-4/h2-4,7-12,14-15,18,23H,5-6,13,16,26H2,1H3,(H,27,28);2-3H,1H2. The molecule has 34 heavy (non-hydrogen) atoms. The Hall–Kier alpha value is -3.55. The van der Waals surface area contributed by atoms with Crippen LogP contribution in [0.1, 0.15) is 30.0 Å². The third-order valence-electron chi connectivity index (χ3n) is 5.55. The Morgan fingerprint density at radius 3 is 2.50 bits per heavy atom. The van der Waals surface area contributed by atoms with Crippen molar-refractivity contribution in [1.29, 1.82) is 0 Å². The Morgan fingerprint density at radius 2 is 1.85 bits per heavy atom. The molecular formula is C27H31FN4O2. The smallest absolute Gasteiger partial charge is 0.164 e. The molecule has 2 heterocycles. The third-order valence-corrected chi connectivity index (χ3v) is 5.55. The molecule has 1 aromatic heterocycles. The number of allylic oxidation sites excluding steroid dienone is 1. The number of piperidine rings is 1. The number of anilines is 1. The average molecular weight is 463 g/mol. The quantitative estimate of drug-likeness (QED) is 0.382. The van der Waals surface area contributed by atoms with Crippen molar-refractivity contribution in [1.82, 2.24) is 9.88 Å². The van der Waals surface area contributed by atoms with Gasteiger partial charge in [-0.25, -0.2) is 4.39 Å². The van der Waals surface area contributed by atoms with Crippen LogP contribution in [0.5, 0.6) is 11.5 Å². The summed E-state index contributed by atoms with van der Waals surface area (Å²) in [5, 5.41) is 3.38. The van der Waals surface area contributed by atoms with E-state index in [0.29, 0.717) is 17.5 Å². The Bertz CT molecular complexity index is 1050. The van der Waals surface area contributed by atoms with Crippen LogP contribution in [0.25, 0.3) is 0 Å². The van der Waals surface area contributed by atoms with Gasteiger partial charge in [0.2, 0.25) is 0 Å². The minimum absolute atomic E-state index is 0.188. The first-order valence-corrected chi connectivity index (χ1v) is 11.2. The fraction of sp³-hybridized carbons (Fsp3) is 0.259. The maximum Gasteiger partial charge on any atom is 0.164 e. The van der Waals surface area contributed by atoms with Crippen LogP contribution in [-0.2, 0) is 4.79 Å². The summed E-state index contributed by atoms with van der Waals surface area (Å²) < 4.78 is 20.5. The lowest BCUT2D eigenvalue weighted by atomic mass is 9.98. The maximum atomic E-state index is 14.7. The predicted octanol–water partition coefficient (Wildman–Crippen LogP) is 4.94. The second-order valence-electron chi connectivity index (χ2n) is 8.16. The molecule has 2 atom stereocenters. The number of para-hydroxylation sites is 1. The summed E-state index contributed by atoms with van der Waals surface area (Å²) in [6.07, 6.45) is 6.82. The number of aldehydes is 1. The lowest BCUT2D eigenvalue weighted by molar-refractivity contribution is -0.104. The highest BCUT2D eigenvalue weighted by molar-refractivity contribution is 5.63. The fourth-order valence-electron chi connectivity index (χ4n) is 3.87. The van der Waals surface area contributed by atoms with Gasteiger partial charge in [-0.15, -0.1) is 0 Å². The van der Waals surface area contributed by atoms with E-state index in [0.717, 1.165) is 43.0 Å². The molecule has 0 amide bonds. The number of hydrogen-bond acceptors (Lipinski definition) is 6. The van der Waals surface area contributed by atoms with E-state index in [4.69, 9.17) is 15.3 Å². The molecule has 7 heteroatoms. The molecule has 1 fully saturated rings. The zero-order chi connectivity index (χ0) is 24.3. The van der Waals surface area contributed by atoms with Gasteiger partial charge < -0.3 is 20.7 Å². The number of nitrogens with zero attached hydrogens (tertiary/aromatic N) is 2. The first-order valence-electron chi connectivity index (χ1n) is 11.2. The van der Waals surface area contributed by atoms with Crippen molar-refractivity contribution in [2.24, 2.45) is 5.73 Å². The number of aromatic nitrogens is 1. The van der Waals surface area contributed by atoms with E-state index in [1.165, 1.54) is 12.3 Å². The molecule has 2 aromatic carbocycles. The number of halogens is 1. The number of hydrogen-bond donors (Lipinski definition) is 2. The Labute approximate surface area is 200 Å². The molecular weight excluding hydrogens is 431 g/mol. The molecule has 3 N–H and O–H groups in total. The fourth-order valence-corrected chi connectivity index (χ4v) is 3.87. The molecule has 3 aromatic rings. The number of benzene rings is 2. The van der Waals surface area contributed by atoms with Crippen molar-refractivity contribution in [2.45, 2.75) is 24.9 Å². The lowest BCUT2D eigenvalue weighted by Gasteiger charge is -2.32. The van der Waals surface area contributed by atoms with Crippen LogP contribution in [-0.4, -0.2) is 42.3 Å². The Kier molecular flexibility index (Phi) is 9.31. The maximum absolute atomic E-state index is 14.7. The summed E-state index contributed by atoms with van der Waals surface area (Å²) in [4.78, 5) is 15.4. The van der Waals surface area contributed by atoms with Gasteiger partial charge in [-0.1, -0.05) is 36.9 Å². The monoisotopic (exact) mass is 462 g/mol. The number of pyridine rings is 1. The minimum atomic E-state index is -0.497. The summed E-state index contributed by atoms with van der Waals surface area (Å²) in [7, 11) is 2.09. The molecule has 0 radical (unpaired) electrons. The van der Waals surface area contributed by atoms with Crippen LogP contribution >= 0.6 is 0 Å². The van der Waals surface area contributed by atoms with E-state index in [1.54, 1.807) is 6.20 Å². The largest absolute Gasteiger partial charge is 0.457 e. The molecule has 4 rings (SSSR count). The van der Waals surface area contributed by atoms with Gasteiger partial charge in [0.15, 0.2) is 5.82 Å². The highest BCUT2D eigenvalue weighted by Gasteiger charge is 2.22. The van der Waals surface area contributed by atoms with Crippen molar-refractivity contribution in [2.75, 3.05) is 25.5 Å². The molecule has 0 bridgehead atoms. The number of likely N-dealkylation sites (N-methyl/N-ethyl adjacent to an activating group) is 1. The second kappa shape index (κ2) is 12.6. The van der Waals surface area contributed by atoms with Gasteiger partial charge in [-0.2, -0.15) is 0 Å². The number of rotatable bonds is 7. The van der Waals surface area contributed by atoms with E-state index in [9.17, 15) is 4.39 Å². The first kappa shape index (κ1) is 25.1. The first-order chi connectivity index (χ1) is 16.5. The van der Waals surface area contributed by atoms with Gasteiger partial charge in [-0.05, 0) is 62.3 Å². The molecule has 1 aliphatic heterocycles. The van der Waals surface area contributed by atoms with Crippen molar-refractivity contribution in [3.05, 3.63) is 96.6 Å². The zero-order valence-corrected chi connectivity index (χ0v) is 19.4. The molecule has 1 saturated heterocycles. The van der Waals surface area contributed by atoms with Gasteiger partial charge >= 0.3 is 0 Å². The Morgan fingerprint density at radius 1 is 1.18 bits per heavy atom. The number of nitrogens with two attached hydrogens (primary N) is 1. The summed E-state index contributed by atoms with van der Waals surface area (Å²) in [5.41, 5.74) is 8.49. The molecule has 6 nitrogen and oxygen atoms in total. The molecule has 2 unspecified atom stereocenters. The lowest BCUT2D eigenvalue weighted by Crippen LogP contribution is -2.40. The van der Waals surface area contributed by atoms with Gasteiger partial charge in [-0.3, -0.25) is 9.78 Å². The predicted molar refractivity (Wildman–Crippen MR) is 134 cm³/mol. The molecule has 178 valence electrons.